The van der Waals surface area contributed by atoms with Crippen molar-refractivity contribution in [2.24, 2.45) is 0 Å². The summed E-state index contributed by atoms with van der Waals surface area (Å²) >= 11 is 1.36. The second kappa shape index (κ2) is 4.32. The van der Waals surface area contributed by atoms with E-state index in [1.807, 2.05) is 30.3 Å². The highest BCUT2D eigenvalue weighted by Crippen LogP contribution is 2.32. The first kappa shape index (κ1) is 10.6. The smallest absolute Gasteiger partial charge is 0.222 e. The zero-order valence-electron chi connectivity index (χ0n) is 8.73. The maximum absolute atomic E-state index is 10.9. The predicted molar refractivity (Wildman–Crippen MR) is 66.3 cm³/mol. The van der Waals surface area contributed by atoms with Gasteiger partial charge >= 0.3 is 0 Å². The molecule has 0 saturated heterocycles. The van der Waals surface area contributed by atoms with Crippen molar-refractivity contribution in [3.8, 4) is 10.6 Å². The molecule has 1 amide bonds. The van der Waals surface area contributed by atoms with Gasteiger partial charge in [-0.25, -0.2) is 4.98 Å². The molecule has 0 aliphatic heterocycles. The summed E-state index contributed by atoms with van der Waals surface area (Å²) in [6, 6.07) is 9.72. The largest absolute Gasteiger partial charge is 0.387 e. The molecular formula is C11H11N3OS. The standard InChI is InChI=1S/C11H11N3OS/c1-7(15)13-10-9(12)16-11(14-10)8-5-3-2-4-6-8/h2-6H,12H2,1H3,(H,13,15). The van der Waals surface area contributed by atoms with Crippen molar-refractivity contribution in [1.29, 1.82) is 0 Å². The molecule has 4 nitrogen and oxygen atoms in total. The quantitative estimate of drug-likeness (QED) is 0.836. The fraction of sp³-hybridized carbons (Fsp3) is 0.0909. The topological polar surface area (TPSA) is 68.0 Å². The van der Waals surface area contributed by atoms with Crippen molar-refractivity contribution >= 4 is 28.1 Å². The molecule has 1 aromatic carbocycles. The Balaban J connectivity index is 2.34. The predicted octanol–water partition coefficient (Wildman–Crippen LogP) is 2.35. The van der Waals surface area contributed by atoms with Crippen LogP contribution in [0.5, 0.6) is 0 Å². The molecule has 5 heteroatoms. The van der Waals surface area contributed by atoms with E-state index in [0.29, 0.717) is 10.8 Å². The van der Waals surface area contributed by atoms with Gasteiger partial charge in [0.15, 0.2) is 5.82 Å². The van der Waals surface area contributed by atoms with Crippen LogP contribution in [0.1, 0.15) is 6.92 Å². The molecule has 0 spiro atoms. The van der Waals surface area contributed by atoms with Crippen molar-refractivity contribution in [1.82, 2.24) is 4.98 Å². The summed E-state index contributed by atoms with van der Waals surface area (Å²) in [5.41, 5.74) is 6.76. The van der Waals surface area contributed by atoms with Gasteiger partial charge in [-0.1, -0.05) is 41.7 Å². The van der Waals surface area contributed by atoms with Crippen LogP contribution in [0.3, 0.4) is 0 Å². The number of nitrogens with two attached hydrogens (primary N) is 1. The van der Waals surface area contributed by atoms with Crippen LogP contribution in [0, 0.1) is 0 Å². The lowest BCUT2D eigenvalue weighted by Gasteiger charge is -1.96. The SMILES string of the molecule is CC(=O)Nc1nc(-c2ccccc2)sc1N. The zero-order chi connectivity index (χ0) is 11.5. The number of carbonyl (C=O) groups is 1. The maximum atomic E-state index is 10.9. The summed E-state index contributed by atoms with van der Waals surface area (Å²) in [7, 11) is 0. The molecule has 0 aliphatic carbocycles. The van der Waals surface area contributed by atoms with Crippen LogP contribution >= 0.6 is 11.3 Å². The van der Waals surface area contributed by atoms with E-state index in [9.17, 15) is 4.79 Å². The molecule has 3 N–H and O–H groups in total. The van der Waals surface area contributed by atoms with E-state index in [1.165, 1.54) is 18.3 Å². The second-order valence-electron chi connectivity index (χ2n) is 3.28. The summed E-state index contributed by atoms with van der Waals surface area (Å²) in [5.74, 6) is 0.271. The Labute approximate surface area is 97.1 Å². The van der Waals surface area contributed by atoms with E-state index in [0.717, 1.165) is 10.6 Å². The summed E-state index contributed by atoms with van der Waals surface area (Å²) in [6.07, 6.45) is 0. The van der Waals surface area contributed by atoms with Gasteiger partial charge in [0.1, 0.15) is 10.0 Å². The molecule has 0 aliphatic rings. The molecule has 1 aromatic heterocycles. The van der Waals surface area contributed by atoms with Gasteiger partial charge in [-0.2, -0.15) is 0 Å². The third-order valence-corrected chi connectivity index (χ3v) is 2.90. The van der Waals surface area contributed by atoms with Gasteiger partial charge in [-0.15, -0.1) is 0 Å². The Kier molecular flexibility index (Phi) is 2.87. The molecule has 0 saturated carbocycles. The number of rotatable bonds is 2. The molecule has 0 radical (unpaired) electrons. The first-order valence-corrected chi connectivity index (χ1v) is 5.58. The number of aromatic nitrogens is 1. The minimum absolute atomic E-state index is 0.170. The number of thiazole rings is 1. The minimum atomic E-state index is -0.170. The van der Waals surface area contributed by atoms with Crippen LogP contribution in [0.2, 0.25) is 0 Å². The third kappa shape index (κ3) is 2.20. The van der Waals surface area contributed by atoms with Crippen LogP contribution < -0.4 is 11.1 Å². The number of anilines is 2. The van der Waals surface area contributed by atoms with Gasteiger partial charge in [0.05, 0.1) is 0 Å². The first-order chi connectivity index (χ1) is 7.66. The van der Waals surface area contributed by atoms with E-state index in [-0.39, 0.29) is 5.91 Å². The van der Waals surface area contributed by atoms with Crippen molar-refractivity contribution < 1.29 is 4.79 Å². The normalized spacial score (nSPS) is 10.1. The van der Waals surface area contributed by atoms with Crippen molar-refractivity contribution in [3.05, 3.63) is 30.3 Å². The summed E-state index contributed by atoms with van der Waals surface area (Å²) in [6.45, 7) is 1.43. The van der Waals surface area contributed by atoms with Gasteiger partial charge in [-0.3, -0.25) is 4.79 Å². The Morgan fingerprint density at radius 2 is 2.06 bits per heavy atom. The Hall–Kier alpha value is -1.88. The molecule has 2 rings (SSSR count). The molecule has 82 valence electrons. The zero-order valence-corrected chi connectivity index (χ0v) is 9.54. The van der Waals surface area contributed by atoms with E-state index in [1.54, 1.807) is 0 Å². The molecule has 0 bridgehead atoms. The minimum Gasteiger partial charge on any atom is -0.387 e. The van der Waals surface area contributed by atoms with E-state index < -0.39 is 0 Å². The van der Waals surface area contributed by atoms with Crippen LogP contribution in [0.15, 0.2) is 30.3 Å². The number of nitrogens with zero attached hydrogens (tertiary/aromatic N) is 1. The maximum Gasteiger partial charge on any atom is 0.222 e. The van der Waals surface area contributed by atoms with Gasteiger partial charge in [0.25, 0.3) is 0 Å². The number of benzene rings is 1. The van der Waals surface area contributed by atoms with Crippen LogP contribution in [0.25, 0.3) is 10.6 Å². The summed E-state index contributed by atoms with van der Waals surface area (Å²) < 4.78 is 0. The molecule has 0 atom stereocenters. The third-order valence-electron chi connectivity index (χ3n) is 1.97. The van der Waals surface area contributed by atoms with Gasteiger partial charge < -0.3 is 11.1 Å². The fourth-order valence-corrected chi connectivity index (χ4v) is 2.08. The molecule has 0 fully saturated rings. The monoisotopic (exact) mass is 233 g/mol. The Morgan fingerprint density at radius 3 is 2.69 bits per heavy atom. The van der Waals surface area contributed by atoms with Crippen molar-refractivity contribution in [2.75, 3.05) is 11.1 Å². The van der Waals surface area contributed by atoms with Gasteiger partial charge in [0, 0.05) is 12.5 Å². The number of amides is 1. The summed E-state index contributed by atoms with van der Waals surface area (Å²) in [5, 5.41) is 3.93. The molecule has 0 unspecified atom stereocenters. The highest BCUT2D eigenvalue weighted by atomic mass is 32.1. The highest BCUT2D eigenvalue weighted by Gasteiger charge is 2.10. The average Bonchev–Trinajstić information content (AvgIpc) is 2.61. The van der Waals surface area contributed by atoms with E-state index in [4.69, 9.17) is 5.73 Å². The molecule has 2 aromatic rings. The van der Waals surface area contributed by atoms with Crippen LogP contribution in [0.4, 0.5) is 10.8 Å². The second-order valence-corrected chi connectivity index (χ2v) is 4.31. The number of nitrogens with one attached hydrogen (secondary N) is 1. The number of hydrogen-bond acceptors (Lipinski definition) is 4. The average molecular weight is 233 g/mol. The molecular weight excluding hydrogens is 222 g/mol. The number of hydrogen-bond donors (Lipinski definition) is 2. The van der Waals surface area contributed by atoms with Gasteiger partial charge in [0.2, 0.25) is 5.91 Å². The van der Waals surface area contributed by atoms with Crippen LogP contribution in [-0.2, 0) is 4.79 Å². The number of carbonyl (C=O) groups excluding carboxylic acids is 1. The van der Waals surface area contributed by atoms with Crippen LogP contribution in [-0.4, -0.2) is 10.9 Å². The lowest BCUT2D eigenvalue weighted by molar-refractivity contribution is -0.114. The highest BCUT2D eigenvalue weighted by molar-refractivity contribution is 7.19. The lowest BCUT2D eigenvalue weighted by Crippen LogP contribution is -2.07. The summed E-state index contributed by atoms with van der Waals surface area (Å²) in [4.78, 5) is 15.2. The van der Waals surface area contributed by atoms with Crippen molar-refractivity contribution in [3.63, 3.8) is 0 Å². The van der Waals surface area contributed by atoms with Crippen molar-refractivity contribution in [2.45, 2.75) is 6.92 Å². The molecule has 1 heterocycles. The first-order valence-electron chi connectivity index (χ1n) is 4.76. The fourth-order valence-electron chi connectivity index (χ4n) is 1.29. The number of nitrogen functional groups attached to an aromatic ring is 1. The molecule has 16 heavy (non-hydrogen) atoms. The van der Waals surface area contributed by atoms with E-state index >= 15 is 0 Å². The van der Waals surface area contributed by atoms with E-state index in [2.05, 4.69) is 10.3 Å². The lowest BCUT2D eigenvalue weighted by atomic mass is 10.2. The Morgan fingerprint density at radius 1 is 1.38 bits per heavy atom. The Bertz CT molecular complexity index is 507. The van der Waals surface area contributed by atoms with Gasteiger partial charge in [-0.05, 0) is 0 Å².